The van der Waals surface area contributed by atoms with Crippen molar-refractivity contribution in [3.63, 3.8) is 0 Å². The Hall–Kier alpha value is -1.13. The van der Waals surface area contributed by atoms with Crippen LogP contribution in [0.5, 0.6) is 0 Å². The molecule has 0 radical (unpaired) electrons. The van der Waals surface area contributed by atoms with Gasteiger partial charge in [-0.15, -0.1) is 0 Å². The maximum absolute atomic E-state index is 4.62. The Kier molecular flexibility index (Phi) is 4.89. The average molecular weight is 350 g/mol. The van der Waals surface area contributed by atoms with E-state index in [1.54, 1.807) is 0 Å². The lowest BCUT2D eigenvalue weighted by Gasteiger charge is -2.19. The van der Waals surface area contributed by atoms with Gasteiger partial charge in [-0.2, -0.15) is 5.10 Å². The summed E-state index contributed by atoms with van der Waals surface area (Å²) in [6.07, 6.45) is 2.11. The minimum absolute atomic E-state index is 0.0668. The van der Waals surface area contributed by atoms with Crippen molar-refractivity contribution in [2.45, 2.75) is 45.7 Å². The number of benzene rings is 1. The van der Waals surface area contributed by atoms with Crippen LogP contribution in [0.2, 0.25) is 0 Å². The van der Waals surface area contributed by atoms with Crippen LogP contribution in [0.3, 0.4) is 0 Å². The van der Waals surface area contributed by atoms with E-state index >= 15 is 0 Å². The molecule has 1 N–H and O–H groups in total. The van der Waals surface area contributed by atoms with E-state index in [2.05, 4.69) is 84.5 Å². The highest BCUT2D eigenvalue weighted by molar-refractivity contribution is 9.10. The largest absolute Gasteiger partial charge is 0.306 e. The maximum atomic E-state index is 4.62. The van der Waals surface area contributed by atoms with Gasteiger partial charge in [0.2, 0.25) is 0 Å². The van der Waals surface area contributed by atoms with Crippen molar-refractivity contribution in [3.8, 4) is 0 Å². The Morgan fingerprint density at radius 2 is 2.05 bits per heavy atom. The van der Waals surface area contributed by atoms with E-state index in [1.807, 2.05) is 11.7 Å². The standard InChI is InChI=1S/C17H24BrN3/c1-12(13-7-6-8-15(18)9-13)19-10-14-11-21(5)20-16(14)17(2,3)4/h6-9,11-12,19H,10H2,1-5H3. The summed E-state index contributed by atoms with van der Waals surface area (Å²) < 4.78 is 3.02. The number of halogens is 1. The van der Waals surface area contributed by atoms with Crippen LogP contribution in [-0.2, 0) is 19.0 Å². The second-order valence-electron chi connectivity index (χ2n) is 6.58. The van der Waals surface area contributed by atoms with E-state index in [0.29, 0.717) is 6.04 Å². The topological polar surface area (TPSA) is 29.9 Å². The third kappa shape index (κ3) is 4.17. The van der Waals surface area contributed by atoms with Crippen LogP contribution in [-0.4, -0.2) is 9.78 Å². The first-order valence-electron chi connectivity index (χ1n) is 7.29. The fourth-order valence-corrected chi connectivity index (χ4v) is 2.87. The van der Waals surface area contributed by atoms with Crippen LogP contribution in [0.15, 0.2) is 34.9 Å². The van der Waals surface area contributed by atoms with E-state index in [9.17, 15) is 0 Å². The molecule has 0 saturated heterocycles. The lowest BCUT2D eigenvalue weighted by Crippen LogP contribution is -2.21. The number of nitrogens with zero attached hydrogens (tertiary/aromatic N) is 2. The lowest BCUT2D eigenvalue weighted by molar-refractivity contribution is 0.531. The van der Waals surface area contributed by atoms with Gasteiger partial charge in [0.05, 0.1) is 5.69 Å². The van der Waals surface area contributed by atoms with Crippen molar-refractivity contribution >= 4 is 15.9 Å². The fourth-order valence-electron chi connectivity index (χ4n) is 2.46. The van der Waals surface area contributed by atoms with Gasteiger partial charge in [-0.25, -0.2) is 0 Å². The molecule has 0 saturated carbocycles. The number of aryl methyl sites for hydroxylation is 1. The normalized spacial score (nSPS) is 13.4. The van der Waals surface area contributed by atoms with Gasteiger partial charge >= 0.3 is 0 Å². The molecule has 0 amide bonds. The summed E-state index contributed by atoms with van der Waals surface area (Å²) in [5.74, 6) is 0. The number of hydrogen-bond donors (Lipinski definition) is 1. The van der Waals surface area contributed by atoms with Crippen LogP contribution in [0.4, 0.5) is 0 Å². The Morgan fingerprint density at radius 3 is 2.67 bits per heavy atom. The summed E-state index contributed by atoms with van der Waals surface area (Å²) in [6, 6.07) is 8.73. The molecule has 4 heteroatoms. The Bertz CT molecular complexity index is 611. The molecule has 1 atom stereocenters. The number of aromatic nitrogens is 2. The van der Waals surface area contributed by atoms with Crippen molar-refractivity contribution < 1.29 is 0 Å². The molecule has 0 bridgehead atoms. The zero-order chi connectivity index (χ0) is 15.6. The van der Waals surface area contributed by atoms with Gasteiger partial charge in [0, 0.05) is 41.3 Å². The molecule has 21 heavy (non-hydrogen) atoms. The van der Waals surface area contributed by atoms with Gasteiger partial charge in [-0.1, -0.05) is 48.8 Å². The number of hydrogen-bond acceptors (Lipinski definition) is 2. The molecule has 1 heterocycles. The summed E-state index contributed by atoms with van der Waals surface area (Å²) in [6.45, 7) is 9.63. The van der Waals surface area contributed by atoms with E-state index in [-0.39, 0.29) is 5.41 Å². The summed E-state index contributed by atoms with van der Waals surface area (Å²) in [4.78, 5) is 0. The first-order valence-corrected chi connectivity index (χ1v) is 8.08. The van der Waals surface area contributed by atoms with Gasteiger partial charge in [0.25, 0.3) is 0 Å². The molecule has 0 aliphatic heterocycles. The quantitative estimate of drug-likeness (QED) is 0.889. The van der Waals surface area contributed by atoms with E-state index < -0.39 is 0 Å². The van der Waals surface area contributed by atoms with Crippen LogP contribution >= 0.6 is 15.9 Å². The van der Waals surface area contributed by atoms with Gasteiger partial charge < -0.3 is 5.32 Å². The van der Waals surface area contributed by atoms with Crippen LogP contribution in [0.1, 0.15) is 50.6 Å². The minimum atomic E-state index is 0.0668. The third-order valence-electron chi connectivity index (χ3n) is 3.56. The maximum Gasteiger partial charge on any atom is 0.0722 e. The minimum Gasteiger partial charge on any atom is -0.306 e. The van der Waals surface area contributed by atoms with Gasteiger partial charge in [0.15, 0.2) is 0 Å². The molecule has 0 aliphatic rings. The molecular formula is C17H24BrN3. The van der Waals surface area contributed by atoms with E-state index in [1.165, 1.54) is 16.8 Å². The second kappa shape index (κ2) is 6.32. The Balaban J connectivity index is 2.10. The lowest BCUT2D eigenvalue weighted by atomic mass is 9.89. The molecule has 114 valence electrons. The van der Waals surface area contributed by atoms with Crippen molar-refractivity contribution in [2.75, 3.05) is 0 Å². The van der Waals surface area contributed by atoms with Crippen LogP contribution < -0.4 is 5.32 Å². The van der Waals surface area contributed by atoms with E-state index in [4.69, 9.17) is 0 Å². The van der Waals surface area contributed by atoms with Crippen molar-refractivity contribution in [2.24, 2.45) is 7.05 Å². The molecule has 2 rings (SSSR count). The first kappa shape index (κ1) is 16.2. The molecule has 1 aromatic heterocycles. The monoisotopic (exact) mass is 349 g/mol. The number of rotatable bonds is 4. The molecule has 3 nitrogen and oxygen atoms in total. The molecule has 1 aromatic carbocycles. The van der Waals surface area contributed by atoms with Gasteiger partial charge in [0.1, 0.15) is 0 Å². The summed E-state index contributed by atoms with van der Waals surface area (Å²) in [7, 11) is 1.98. The van der Waals surface area contributed by atoms with Gasteiger partial charge in [-0.3, -0.25) is 4.68 Å². The van der Waals surface area contributed by atoms with Crippen molar-refractivity contribution in [1.29, 1.82) is 0 Å². The van der Waals surface area contributed by atoms with Crippen LogP contribution in [0, 0.1) is 0 Å². The summed E-state index contributed by atoms with van der Waals surface area (Å²) >= 11 is 3.53. The molecule has 2 aromatic rings. The highest BCUT2D eigenvalue weighted by atomic mass is 79.9. The SMILES string of the molecule is CC(NCc1cn(C)nc1C(C)(C)C)c1cccc(Br)c1. The molecular weight excluding hydrogens is 326 g/mol. The van der Waals surface area contributed by atoms with Crippen molar-refractivity contribution in [3.05, 3.63) is 51.8 Å². The molecule has 0 fully saturated rings. The summed E-state index contributed by atoms with van der Waals surface area (Å²) in [5, 5.41) is 8.21. The summed E-state index contributed by atoms with van der Waals surface area (Å²) in [5.41, 5.74) is 3.79. The smallest absolute Gasteiger partial charge is 0.0722 e. The Labute approximate surface area is 135 Å². The third-order valence-corrected chi connectivity index (χ3v) is 4.06. The zero-order valence-electron chi connectivity index (χ0n) is 13.4. The first-order chi connectivity index (χ1) is 9.77. The predicted octanol–water partition coefficient (Wildman–Crippen LogP) is 4.33. The van der Waals surface area contributed by atoms with Crippen molar-refractivity contribution in [1.82, 2.24) is 15.1 Å². The van der Waals surface area contributed by atoms with Crippen LogP contribution in [0.25, 0.3) is 0 Å². The molecule has 1 unspecified atom stereocenters. The van der Waals surface area contributed by atoms with Gasteiger partial charge in [-0.05, 0) is 24.6 Å². The predicted molar refractivity (Wildman–Crippen MR) is 91.3 cm³/mol. The highest BCUT2D eigenvalue weighted by Crippen LogP contribution is 2.25. The fraction of sp³-hybridized carbons (Fsp3) is 0.471. The van der Waals surface area contributed by atoms with E-state index in [0.717, 1.165) is 11.0 Å². The Morgan fingerprint density at radius 1 is 1.33 bits per heavy atom. The number of nitrogens with one attached hydrogen (secondary N) is 1. The molecule has 0 aliphatic carbocycles. The second-order valence-corrected chi connectivity index (χ2v) is 7.50. The molecule has 0 spiro atoms. The highest BCUT2D eigenvalue weighted by Gasteiger charge is 2.21. The zero-order valence-corrected chi connectivity index (χ0v) is 15.0. The average Bonchev–Trinajstić information content (AvgIpc) is 2.77.